The molecule has 0 aliphatic carbocycles. The number of hydrogen-bond acceptors (Lipinski definition) is 8. The third-order valence-electron chi connectivity index (χ3n) is 5.29. The number of ether oxygens (including phenoxy) is 2. The number of imide groups is 1. The number of nitrogens with zero attached hydrogens (tertiary/aromatic N) is 4. The van der Waals surface area contributed by atoms with E-state index in [1.807, 2.05) is 32.0 Å². The van der Waals surface area contributed by atoms with Gasteiger partial charge in [-0.3, -0.25) is 19.4 Å². The van der Waals surface area contributed by atoms with Gasteiger partial charge in [0.25, 0.3) is 11.8 Å². The summed E-state index contributed by atoms with van der Waals surface area (Å²) in [5, 5.41) is 11.9. The van der Waals surface area contributed by atoms with Crippen LogP contribution in [0.5, 0.6) is 11.5 Å². The summed E-state index contributed by atoms with van der Waals surface area (Å²) in [6, 6.07) is 8.48. The van der Waals surface area contributed by atoms with Crippen LogP contribution in [0.3, 0.4) is 0 Å². The van der Waals surface area contributed by atoms with Gasteiger partial charge in [-0.15, -0.1) is 0 Å². The fourth-order valence-electron chi connectivity index (χ4n) is 3.97. The number of aryl methyl sites for hydroxylation is 2. The zero-order valence-corrected chi connectivity index (χ0v) is 18.2. The van der Waals surface area contributed by atoms with Gasteiger partial charge in [0.05, 0.1) is 19.9 Å². The van der Waals surface area contributed by atoms with E-state index < -0.39 is 23.9 Å². The summed E-state index contributed by atoms with van der Waals surface area (Å²) in [4.78, 5) is 39.7. The van der Waals surface area contributed by atoms with E-state index in [-0.39, 0.29) is 12.5 Å². The Labute approximate surface area is 184 Å². The molecule has 2 unspecified atom stereocenters. The molecule has 10 nitrogen and oxygen atoms in total. The normalized spacial score (nSPS) is 19.4. The Hall–Kier alpha value is -3.95. The Balaban J connectivity index is 1.51. The molecule has 1 fully saturated rings. The van der Waals surface area contributed by atoms with Crippen LogP contribution >= 0.6 is 0 Å². The van der Waals surface area contributed by atoms with Crippen LogP contribution in [-0.4, -0.2) is 55.6 Å². The van der Waals surface area contributed by atoms with Crippen molar-refractivity contribution in [3.63, 3.8) is 0 Å². The molecule has 166 valence electrons. The van der Waals surface area contributed by atoms with E-state index >= 15 is 0 Å². The second kappa shape index (κ2) is 8.29. The highest BCUT2D eigenvalue weighted by Gasteiger charge is 2.55. The molecule has 1 N–H and O–H groups in total. The van der Waals surface area contributed by atoms with E-state index in [4.69, 9.17) is 9.47 Å². The molecule has 2 atom stereocenters. The van der Waals surface area contributed by atoms with E-state index in [9.17, 15) is 14.4 Å². The summed E-state index contributed by atoms with van der Waals surface area (Å²) >= 11 is 0. The highest BCUT2D eigenvalue weighted by molar-refractivity contribution is 6.25. The monoisotopic (exact) mass is 437 g/mol. The Bertz CT molecular complexity index is 1110. The van der Waals surface area contributed by atoms with Crippen LogP contribution in [0.1, 0.15) is 11.1 Å². The minimum absolute atomic E-state index is 0.212. The summed E-state index contributed by atoms with van der Waals surface area (Å²) in [6.45, 7) is 3.66. The highest BCUT2D eigenvalue weighted by atomic mass is 16.5. The molecule has 2 heterocycles. The van der Waals surface area contributed by atoms with Crippen molar-refractivity contribution in [2.45, 2.75) is 25.9 Å². The van der Waals surface area contributed by atoms with E-state index in [1.165, 1.54) is 19.2 Å². The largest absolute Gasteiger partial charge is 0.493 e. The van der Waals surface area contributed by atoms with E-state index in [2.05, 4.69) is 15.7 Å². The standard InChI is InChI=1S/C22H23N5O5/c1-12-7-13(2)9-14(8-12)23-18(28)11-26-20-19(24-25-26)21(29)27(22(20)30)15-5-6-16(31-3)17(10-15)32-4/h5-10,19-20H,11H2,1-4H3,(H,23,28). The van der Waals surface area contributed by atoms with E-state index in [1.54, 1.807) is 18.2 Å². The van der Waals surface area contributed by atoms with Crippen molar-refractivity contribution in [3.8, 4) is 11.5 Å². The SMILES string of the molecule is COc1ccc(N2C(=O)C3N=NN(CC(=O)Nc4cc(C)cc(C)c4)C3C2=O)cc1OC. The molecule has 0 bridgehead atoms. The van der Waals surface area contributed by atoms with Crippen LogP contribution in [0.15, 0.2) is 46.7 Å². The Morgan fingerprint density at radius 1 is 1.00 bits per heavy atom. The van der Waals surface area contributed by atoms with Gasteiger partial charge in [0.15, 0.2) is 23.6 Å². The zero-order chi connectivity index (χ0) is 23.0. The first-order valence-electron chi connectivity index (χ1n) is 9.97. The summed E-state index contributed by atoms with van der Waals surface area (Å²) in [7, 11) is 2.96. The van der Waals surface area contributed by atoms with Crippen LogP contribution in [0.25, 0.3) is 0 Å². The van der Waals surface area contributed by atoms with Crippen molar-refractivity contribution in [3.05, 3.63) is 47.5 Å². The third-order valence-corrected chi connectivity index (χ3v) is 5.29. The average molecular weight is 437 g/mol. The van der Waals surface area contributed by atoms with Crippen molar-refractivity contribution in [1.82, 2.24) is 5.01 Å². The smallest absolute Gasteiger partial charge is 0.263 e. The van der Waals surface area contributed by atoms with Crippen LogP contribution in [0.4, 0.5) is 11.4 Å². The highest BCUT2D eigenvalue weighted by Crippen LogP contribution is 2.36. The van der Waals surface area contributed by atoms with Crippen molar-refractivity contribution in [1.29, 1.82) is 0 Å². The summed E-state index contributed by atoms with van der Waals surface area (Å²) in [5.74, 6) is -0.516. The molecular formula is C22H23N5O5. The number of rotatable bonds is 6. The third kappa shape index (κ3) is 3.75. The summed E-state index contributed by atoms with van der Waals surface area (Å²) in [5.41, 5.74) is 3.02. The number of carbonyl (C=O) groups is 3. The first-order chi connectivity index (χ1) is 15.3. The van der Waals surface area contributed by atoms with Gasteiger partial charge in [0, 0.05) is 11.8 Å². The number of nitrogens with one attached hydrogen (secondary N) is 1. The fraction of sp³-hybridized carbons (Fsp3) is 0.318. The number of methoxy groups -OCH3 is 2. The minimum Gasteiger partial charge on any atom is -0.493 e. The van der Waals surface area contributed by atoms with Gasteiger partial charge in [-0.25, -0.2) is 4.90 Å². The predicted molar refractivity (Wildman–Crippen MR) is 116 cm³/mol. The maximum absolute atomic E-state index is 13.1. The van der Waals surface area contributed by atoms with Gasteiger partial charge in [-0.1, -0.05) is 11.3 Å². The zero-order valence-electron chi connectivity index (χ0n) is 18.2. The topological polar surface area (TPSA) is 113 Å². The molecule has 3 amide bonds. The molecular weight excluding hydrogens is 414 g/mol. The molecule has 0 aromatic heterocycles. The van der Waals surface area contributed by atoms with Crippen molar-refractivity contribution in [2.75, 3.05) is 31.0 Å². The van der Waals surface area contributed by atoms with Crippen molar-refractivity contribution < 1.29 is 23.9 Å². The maximum atomic E-state index is 13.1. The number of hydrogen-bond donors (Lipinski definition) is 1. The second-order valence-corrected chi connectivity index (χ2v) is 7.67. The Morgan fingerprint density at radius 2 is 1.69 bits per heavy atom. The lowest BCUT2D eigenvalue weighted by molar-refractivity contribution is -0.123. The molecule has 0 radical (unpaired) electrons. The van der Waals surface area contributed by atoms with Gasteiger partial charge in [-0.05, 0) is 49.2 Å². The molecule has 4 rings (SSSR count). The molecule has 1 saturated heterocycles. The predicted octanol–water partition coefficient (Wildman–Crippen LogP) is 2.25. The van der Waals surface area contributed by atoms with Gasteiger partial charge in [0.1, 0.15) is 6.54 Å². The summed E-state index contributed by atoms with van der Waals surface area (Å²) < 4.78 is 10.5. The molecule has 32 heavy (non-hydrogen) atoms. The maximum Gasteiger partial charge on any atom is 0.263 e. The van der Waals surface area contributed by atoms with Crippen LogP contribution in [-0.2, 0) is 14.4 Å². The fourth-order valence-corrected chi connectivity index (χ4v) is 3.97. The molecule has 10 heteroatoms. The van der Waals surface area contributed by atoms with Gasteiger partial charge >= 0.3 is 0 Å². The molecule has 0 saturated carbocycles. The van der Waals surface area contributed by atoms with E-state index in [0.717, 1.165) is 16.0 Å². The Morgan fingerprint density at radius 3 is 2.34 bits per heavy atom. The molecule has 0 spiro atoms. The Kier molecular flexibility index (Phi) is 5.52. The lowest BCUT2D eigenvalue weighted by Gasteiger charge is -2.21. The first kappa shape index (κ1) is 21.3. The second-order valence-electron chi connectivity index (χ2n) is 7.67. The van der Waals surface area contributed by atoms with Crippen molar-refractivity contribution >= 4 is 29.1 Å². The van der Waals surface area contributed by atoms with Gasteiger partial charge in [0.2, 0.25) is 5.91 Å². The molecule has 2 aliphatic heterocycles. The lowest BCUT2D eigenvalue weighted by atomic mass is 10.1. The number of carbonyl (C=O) groups excluding carboxylic acids is 3. The first-order valence-corrected chi connectivity index (χ1v) is 9.97. The summed E-state index contributed by atoms with van der Waals surface area (Å²) in [6.07, 6.45) is 0. The van der Waals surface area contributed by atoms with Crippen molar-refractivity contribution in [2.24, 2.45) is 10.3 Å². The van der Waals surface area contributed by atoms with Crippen LogP contribution in [0, 0.1) is 13.8 Å². The number of benzene rings is 2. The number of amides is 3. The minimum atomic E-state index is -0.996. The van der Waals surface area contributed by atoms with Crippen LogP contribution in [0.2, 0.25) is 0 Å². The van der Waals surface area contributed by atoms with E-state index in [0.29, 0.717) is 22.9 Å². The van der Waals surface area contributed by atoms with Gasteiger partial charge < -0.3 is 14.8 Å². The molecule has 2 aliphatic rings. The molecule has 2 aromatic rings. The number of fused-ring (bicyclic) bond motifs is 1. The van der Waals surface area contributed by atoms with Crippen LogP contribution < -0.4 is 19.7 Å². The average Bonchev–Trinajstić information content (AvgIpc) is 3.26. The quantitative estimate of drug-likeness (QED) is 0.694. The molecule has 2 aromatic carbocycles. The van der Waals surface area contributed by atoms with Gasteiger partial charge in [-0.2, -0.15) is 5.11 Å². The number of anilines is 2. The lowest BCUT2D eigenvalue weighted by Crippen LogP contribution is -2.43.